The summed E-state index contributed by atoms with van der Waals surface area (Å²) in [6.45, 7) is 0. The second kappa shape index (κ2) is 3.53. The summed E-state index contributed by atoms with van der Waals surface area (Å²) in [6.07, 6.45) is 0. The SMILES string of the molecule is BrNc1cccc(-c2nn[nH]n2)c1. The summed E-state index contributed by atoms with van der Waals surface area (Å²) in [7, 11) is 0. The molecule has 0 saturated carbocycles. The lowest BCUT2D eigenvalue weighted by Gasteiger charge is -1.98. The van der Waals surface area contributed by atoms with Crippen molar-refractivity contribution in [1.82, 2.24) is 20.6 Å². The van der Waals surface area contributed by atoms with Gasteiger partial charge in [-0.05, 0) is 17.3 Å². The Morgan fingerprint density at radius 2 is 2.31 bits per heavy atom. The number of anilines is 1. The Morgan fingerprint density at radius 1 is 1.38 bits per heavy atom. The van der Waals surface area contributed by atoms with Crippen LogP contribution in [0.5, 0.6) is 0 Å². The van der Waals surface area contributed by atoms with Crippen LogP contribution in [-0.4, -0.2) is 20.6 Å². The van der Waals surface area contributed by atoms with Gasteiger partial charge in [-0.1, -0.05) is 12.1 Å². The van der Waals surface area contributed by atoms with E-state index >= 15 is 0 Å². The largest absolute Gasteiger partial charge is 0.322 e. The van der Waals surface area contributed by atoms with Crippen molar-refractivity contribution in [3.8, 4) is 11.4 Å². The van der Waals surface area contributed by atoms with Crippen LogP contribution in [0.4, 0.5) is 5.69 Å². The van der Waals surface area contributed by atoms with Gasteiger partial charge in [0.15, 0.2) is 0 Å². The number of halogens is 1. The zero-order chi connectivity index (χ0) is 9.10. The van der Waals surface area contributed by atoms with Crippen LogP contribution in [0.15, 0.2) is 24.3 Å². The number of tetrazole rings is 1. The Bertz CT molecular complexity index is 386. The average molecular weight is 240 g/mol. The minimum atomic E-state index is 0.588. The normalized spacial score (nSPS) is 9.92. The van der Waals surface area contributed by atoms with Crippen LogP contribution >= 0.6 is 16.1 Å². The predicted molar refractivity (Wildman–Crippen MR) is 52.2 cm³/mol. The maximum Gasteiger partial charge on any atom is 0.204 e. The molecule has 0 atom stereocenters. The molecular weight excluding hydrogens is 234 g/mol. The quantitative estimate of drug-likeness (QED) is 0.782. The van der Waals surface area contributed by atoms with E-state index in [4.69, 9.17) is 0 Å². The molecule has 0 saturated heterocycles. The fourth-order valence-electron chi connectivity index (χ4n) is 1.00. The Labute approximate surface area is 82.9 Å². The van der Waals surface area contributed by atoms with Gasteiger partial charge in [0.05, 0.1) is 0 Å². The van der Waals surface area contributed by atoms with Gasteiger partial charge in [0.2, 0.25) is 5.82 Å². The second-order valence-electron chi connectivity index (χ2n) is 2.41. The van der Waals surface area contributed by atoms with Crippen LogP contribution in [-0.2, 0) is 0 Å². The third-order valence-corrected chi connectivity index (χ3v) is 2.03. The third kappa shape index (κ3) is 1.67. The molecule has 6 heteroatoms. The van der Waals surface area contributed by atoms with Gasteiger partial charge in [0.1, 0.15) is 0 Å². The second-order valence-corrected chi connectivity index (χ2v) is 2.81. The first kappa shape index (κ1) is 8.18. The highest BCUT2D eigenvalue weighted by molar-refractivity contribution is 9.10. The molecule has 2 N–H and O–H groups in total. The van der Waals surface area contributed by atoms with Crippen LogP contribution in [0, 0.1) is 0 Å². The lowest BCUT2D eigenvalue weighted by Crippen LogP contribution is -1.83. The summed E-state index contributed by atoms with van der Waals surface area (Å²) >= 11 is 3.14. The molecule has 0 unspecified atom stereocenters. The predicted octanol–water partition coefficient (Wildman–Crippen LogP) is 1.59. The van der Waals surface area contributed by atoms with E-state index in [1.54, 1.807) is 0 Å². The van der Waals surface area contributed by atoms with Crippen molar-refractivity contribution in [2.75, 3.05) is 4.34 Å². The first-order valence-corrected chi connectivity index (χ1v) is 4.40. The molecule has 0 amide bonds. The van der Waals surface area contributed by atoms with E-state index < -0.39 is 0 Å². The monoisotopic (exact) mass is 239 g/mol. The maximum atomic E-state index is 3.87. The molecule has 13 heavy (non-hydrogen) atoms. The molecule has 1 heterocycles. The molecule has 0 radical (unpaired) electrons. The van der Waals surface area contributed by atoms with Gasteiger partial charge in [-0.25, -0.2) is 0 Å². The molecule has 0 aliphatic carbocycles. The minimum Gasteiger partial charge on any atom is -0.322 e. The van der Waals surface area contributed by atoms with Crippen molar-refractivity contribution in [2.24, 2.45) is 0 Å². The Balaban J connectivity index is 2.41. The summed E-state index contributed by atoms with van der Waals surface area (Å²) in [5.41, 5.74) is 1.86. The molecule has 0 spiro atoms. The number of nitrogens with zero attached hydrogens (tertiary/aromatic N) is 3. The lowest BCUT2D eigenvalue weighted by atomic mass is 10.2. The Kier molecular flexibility index (Phi) is 2.22. The number of hydrogen-bond donors (Lipinski definition) is 2. The third-order valence-electron chi connectivity index (χ3n) is 1.58. The van der Waals surface area contributed by atoms with Crippen molar-refractivity contribution in [2.45, 2.75) is 0 Å². The standard InChI is InChI=1S/C7H6BrN5/c8-9-6-3-1-2-5(4-6)7-10-12-13-11-7/h1-4,9H,(H,10,11,12,13). The van der Waals surface area contributed by atoms with Crippen LogP contribution < -0.4 is 4.34 Å². The molecule has 66 valence electrons. The topological polar surface area (TPSA) is 66.5 Å². The first-order valence-electron chi connectivity index (χ1n) is 3.60. The summed E-state index contributed by atoms with van der Waals surface area (Å²) in [5.74, 6) is 0.588. The number of aromatic amines is 1. The molecule has 5 nitrogen and oxygen atoms in total. The smallest absolute Gasteiger partial charge is 0.204 e. The highest BCUT2D eigenvalue weighted by Gasteiger charge is 2.02. The number of H-pyrrole nitrogens is 1. The molecular formula is C7H6BrN5. The van der Waals surface area contributed by atoms with Gasteiger partial charge in [-0.3, -0.25) is 0 Å². The number of aromatic nitrogens is 4. The average Bonchev–Trinajstić information content (AvgIpc) is 2.71. The maximum absolute atomic E-state index is 3.87. The molecule has 0 aliphatic heterocycles. The van der Waals surface area contributed by atoms with E-state index in [9.17, 15) is 0 Å². The van der Waals surface area contributed by atoms with E-state index in [-0.39, 0.29) is 0 Å². The summed E-state index contributed by atoms with van der Waals surface area (Å²) in [5, 5.41) is 13.6. The van der Waals surface area contributed by atoms with Crippen molar-refractivity contribution < 1.29 is 0 Å². The zero-order valence-corrected chi connectivity index (χ0v) is 8.12. The zero-order valence-electron chi connectivity index (χ0n) is 6.53. The van der Waals surface area contributed by atoms with Gasteiger partial charge in [0, 0.05) is 27.4 Å². The highest BCUT2D eigenvalue weighted by atomic mass is 79.9. The van der Waals surface area contributed by atoms with Gasteiger partial charge in [-0.2, -0.15) is 5.21 Å². The van der Waals surface area contributed by atoms with Crippen LogP contribution in [0.3, 0.4) is 0 Å². The van der Waals surface area contributed by atoms with Gasteiger partial charge in [0.25, 0.3) is 0 Å². The molecule has 1 aromatic carbocycles. The summed E-state index contributed by atoms with van der Waals surface area (Å²) in [6, 6.07) is 7.67. The highest BCUT2D eigenvalue weighted by Crippen LogP contribution is 2.18. The van der Waals surface area contributed by atoms with Gasteiger partial charge in [-0.15, -0.1) is 10.2 Å². The Hall–Kier alpha value is -1.43. The Morgan fingerprint density at radius 3 is 3.00 bits per heavy atom. The van der Waals surface area contributed by atoms with E-state index in [0.717, 1.165) is 11.3 Å². The van der Waals surface area contributed by atoms with Crippen molar-refractivity contribution in [3.63, 3.8) is 0 Å². The van der Waals surface area contributed by atoms with Crippen molar-refractivity contribution >= 4 is 21.8 Å². The van der Waals surface area contributed by atoms with Crippen LogP contribution in [0.25, 0.3) is 11.4 Å². The first-order chi connectivity index (χ1) is 6.40. The lowest BCUT2D eigenvalue weighted by molar-refractivity contribution is 0.881. The molecule has 0 aliphatic rings. The van der Waals surface area contributed by atoms with Crippen molar-refractivity contribution in [1.29, 1.82) is 0 Å². The molecule has 2 rings (SSSR count). The van der Waals surface area contributed by atoms with E-state index in [1.165, 1.54) is 0 Å². The number of nitrogens with one attached hydrogen (secondary N) is 2. The number of benzene rings is 1. The molecule has 0 bridgehead atoms. The fourth-order valence-corrected chi connectivity index (χ4v) is 1.25. The van der Waals surface area contributed by atoms with Crippen LogP contribution in [0.1, 0.15) is 0 Å². The van der Waals surface area contributed by atoms with Crippen LogP contribution in [0.2, 0.25) is 0 Å². The summed E-state index contributed by atoms with van der Waals surface area (Å²) < 4.78 is 2.86. The summed E-state index contributed by atoms with van der Waals surface area (Å²) in [4.78, 5) is 0. The van der Waals surface area contributed by atoms with Gasteiger partial charge >= 0.3 is 0 Å². The van der Waals surface area contributed by atoms with Crippen molar-refractivity contribution in [3.05, 3.63) is 24.3 Å². The molecule has 0 fully saturated rings. The van der Waals surface area contributed by atoms with E-state index in [2.05, 4.69) is 41.1 Å². The molecule has 1 aromatic heterocycles. The van der Waals surface area contributed by atoms with E-state index in [0.29, 0.717) is 5.82 Å². The number of hydrogen-bond acceptors (Lipinski definition) is 4. The van der Waals surface area contributed by atoms with Gasteiger partial charge < -0.3 is 4.34 Å². The fraction of sp³-hybridized carbons (Fsp3) is 0. The minimum absolute atomic E-state index is 0.588. The van der Waals surface area contributed by atoms with E-state index in [1.807, 2.05) is 24.3 Å². The molecule has 2 aromatic rings. The number of rotatable bonds is 2.